The highest BCUT2D eigenvalue weighted by molar-refractivity contribution is 7.92. The Morgan fingerprint density at radius 3 is 2.28 bits per heavy atom. The van der Waals surface area contributed by atoms with E-state index in [2.05, 4.69) is 5.32 Å². The Kier molecular flexibility index (Phi) is 8.76. The number of nitrogens with one attached hydrogen (secondary N) is 1. The van der Waals surface area contributed by atoms with Gasteiger partial charge in [-0.2, -0.15) is 13.2 Å². The van der Waals surface area contributed by atoms with Crippen molar-refractivity contribution in [1.82, 2.24) is 5.32 Å². The van der Waals surface area contributed by atoms with Crippen LogP contribution >= 0.6 is 23.2 Å². The van der Waals surface area contributed by atoms with Gasteiger partial charge in [0.15, 0.2) is 0 Å². The summed E-state index contributed by atoms with van der Waals surface area (Å²) in [6.07, 6.45) is -3.86. The third-order valence-corrected chi connectivity index (χ3v) is 6.75. The van der Waals surface area contributed by atoms with Crippen LogP contribution in [0.15, 0.2) is 66.7 Å². The second-order valence-corrected chi connectivity index (χ2v) is 10.4. The van der Waals surface area contributed by atoms with Gasteiger partial charge in [0.2, 0.25) is 10.0 Å². The summed E-state index contributed by atoms with van der Waals surface area (Å²) in [5, 5.41) is 2.61. The Labute approximate surface area is 216 Å². The zero-order valence-corrected chi connectivity index (χ0v) is 21.2. The van der Waals surface area contributed by atoms with Crippen molar-refractivity contribution in [1.29, 1.82) is 0 Å². The van der Waals surface area contributed by atoms with Crippen molar-refractivity contribution in [2.45, 2.75) is 12.7 Å². The standard InChI is InChI=1S/C24H21Cl2F3N2O4S/c1-36(33,34)31(18-10-11-20(25)19(14-18)24(27,28)29)15-16-6-8-17(9-7-16)23(32)30-12-13-35-22-5-3-2-4-21(22)26/h2-11,14H,12-13,15H2,1H3,(H,30,32). The number of ether oxygens (including phenoxy) is 1. The third kappa shape index (κ3) is 7.28. The molecule has 0 radical (unpaired) electrons. The largest absolute Gasteiger partial charge is 0.490 e. The van der Waals surface area contributed by atoms with E-state index in [1.165, 1.54) is 30.3 Å². The molecule has 3 rings (SSSR count). The lowest BCUT2D eigenvalue weighted by atomic mass is 10.1. The van der Waals surface area contributed by atoms with E-state index in [4.69, 9.17) is 27.9 Å². The molecule has 0 aromatic heterocycles. The molecular formula is C24H21Cl2F3N2O4S. The number of alkyl halides is 3. The number of halogens is 5. The van der Waals surface area contributed by atoms with Crippen LogP contribution in [-0.4, -0.2) is 33.7 Å². The van der Waals surface area contributed by atoms with Gasteiger partial charge < -0.3 is 10.1 Å². The number of rotatable bonds is 9. The molecule has 0 unspecified atom stereocenters. The summed E-state index contributed by atoms with van der Waals surface area (Å²) in [5.74, 6) is 0.119. The van der Waals surface area contributed by atoms with E-state index in [1.54, 1.807) is 24.3 Å². The Morgan fingerprint density at radius 1 is 1.00 bits per heavy atom. The monoisotopic (exact) mass is 560 g/mol. The average Bonchev–Trinajstić information content (AvgIpc) is 2.80. The molecule has 0 heterocycles. The first kappa shape index (κ1) is 27.6. The highest BCUT2D eigenvalue weighted by Gasteiger charge is 2.34. The molecule has 0 saturated carbocycles. The first-order chi connectivity index (χ1) is 16.9. The molecule has 192 valence electrons. The molecule has 1 amide bonds. The summed E-state index contributed by atoms with van der Waals surface area (Å²) in [4.78, 5) is 12.4. The topological polar surface area (TPSA) is 75.7 Å². The van der Waals surface area contributed by atoms with Crippen LogP contribution in [0.1, 0.15) is 21.5 Å². The number of sulfonamides is 1. The average molecular weight is 561 g/mol. The fourth-order valence-electron chi connectivity index (χ4n) is 3.20. The van der Waals surface area contributed by atoms with Crippen molar-refractivity contribution >= 4 is 44.8 Å². The molecule has 0 atom stereocenters. The zero-order valence-electron chi connectivity index (χ0n) is 18.9. The molecule has 0 aliphatic rings. The summed E-state index contributed by atoms with van der Waals surface area (Å²) in [6.45, 7) is 0.162. The Hall–Kier alpha value is -2.95. The molecule has 36 heavy (non-hydrogen) atoms. The Bertz CT molecular complexity index is 1330. The van der Waals surface area contributed by atoms with E-state index < -0.39 is 26.8 Å². The van der Waals surface area contributed by atoms with Crippen LogP contribution in [-0.2, 0) is 22.7 Å². The van der Waals surface area contributed by atoms with Crippen LogP contribution < -0.4 is 14.4 Å². The number of anilines is 1. The number of hydrogen-bond acceptors (Lipinski definition) is 4. The van der Waals surface area contributed by atoms with Crippen LogP contribution in [0.4, 0.5) is 18.9 Å². The number of benzene rings is 3. The molecule has 0 aliphatic carbocycles. The summed E-state index contributed by atoms with van der Waals surface area (Å²) in [6, 6.07) is 15.8. The highest BCUT2D eigenvalue weighted by atomic mass is 35.5. The van der Waals surface area contributed by atoms with Crippen LogP contribution in [0.2, 0.25) is 10.0 Å². The van der Waals surface area contributed by atoms with Crippen molar-refractivity contribution in [2.24, 2.45) is 0 Å². The van der Waals surface area contributed by atoms with Gasteiger partial charge in [0.05, 0.1) is 40.6 Å². The number of carbonyl (C=O) groups excluding carboxylic acids is 1. The van der Waals surface area contributed by atoms with Crippen LogP contribution in [0.3, 0.4) is 0 Å². The fourth-order valence-corrected chi connectivity index (χ4v) is 4.50. The Morgan fingerprint density at radius 2 is 1.67 bits per heavy atom. The lowest BCUT2D eigenvalue weighted by Crippen LogP contribution is -2.30. The lowest BCUT2D eigenvalue weighted by Gasteiger charge is -2.24. The summed E-state index contributed by atoms with van der Waals surface area (Å²) in [5.41, 5.74) is -0.550. The van der Waals surface area contributed by atoms with Gasteiger partial charge in [0.25, 0.3) is 5.91 Å². The maximum Gasteiger partial charge on any atom is 0.417 e. The van der Waals surface area contributed by atoms with Crippen molar-refractivity contribution < 1.29 is 31.1 Å². The minimum Gasteiger partial charge on any atom is -0.490 e. The molecular weight excluding hydrogens is 540 g/mol. The number of para-hydroxylation sites is 1. The van der Waals surface area contributed by atoms with Gasteiger partial charge in [-0.25, -0.2) is 8.42 Å². The van der Waals surface area contributed by atoms with E-state index in [0.29, 0.717) is 28.0 Å². The van der Waals surface area contributed by atoms with Gasteiger partial charge >= 0.3 is 6.18 Å². The van der Waals surface area contributed by atoms with E-state index in [-0.39, 0.29) is 31.3 Å². The predicted octanol–water partition coefficient (Wildman–Crippen LogP) is 5.79. The molecule has 0 spiro atoms. The van der Waals surface area contributed by atoms with E-state index >= 15 is 0 Å². The van der Waals surface area contributed by atoms with Crippen LogP contribution in [0.25, 0.3) is 0 Å². The van der Waals surface area contributed by atoms with Gasteiger partial charge in [0, 0.05) is 5.56 Å². The van der Waals surface area contributed by atoms with E-state index in [9.17, 15) is 26.4 Å². The lowest BCUT2D eigenvalue weighted by molar-refractivity contribution is -0.137. The van der Waals surface area contributed by atoms with Crippen molar-refractivity contribution in [3.63, 3.8) is 0 Å². The molecule has 0 aliphatic heterocycles. The number of amides is 1. The van der Waals surface area contributed by atoms with Gasteiger partial charge in [-0.3, -0.25) is 9.10 Å². The highest BCUT2D eigenvalue weighted by Crippen LogP contribution is 2.37. The first-order valence-electron chi connectivity index (χ1n) is 10.4. The molecule has 12 heteroatoms. The van der Waals surface area contributed by atoms with Gasteiger partial charge in [-0.05, 0) is 48.0 Å². The maximum atomic E-state index is 13.2. The van der Waals surface area contributed by atoms with E-state index in [1.807, 2.05) is 0 Å². The summed E-state index contributed by atoms with van der Waals surface area (Å²) >= 11 is 11.7. The zero-order chi connectivity index (χ0) is 26.5. The smallest absolute Gasteiger partial charge is 0.417 e. The normalized spacial score (nSPS) is 11.7. The molecule has 0 saturated heterocycles. The number of carbonyl (C=O) groups is 1. The minimum atomic E-state index is -4.75. The summed E-state index contributed by atoms with van der Waals surface area (Å²) in [7, 11) is -3.94. The van der Waals surface area contributed by atoms with Gasteiger partial charge in [0.1, 0.15) is 12.4 Å². The van der Waals surface area contributed by atoms with Crippen LogP contribution in [0.5, 0.6) is 5.75 Å². The van der Waals surface area contributed by atoms with Crippen molar-refractivity contribution in [3.05, 3.63) is 93.5 Å². The second kappa shape index (κ2) is 11.4. The molecule has 3 aromatic rings. The first-order valence-corrected chi connectivity index (χ1v) is 13.1. The minimum absolute atomic E-state index is 0.186. The number of hydrogen-bond donors (Lipinski definition) is 1. The second-order valence-electron chi connectivity index (χ2n) is 7.66. The van der Waals surface area contributed by atoms with Crippen LogP contribution in [0, 0.1) is 0 Å². The fraction of sp³-hybridized carbons (Fsp3) is 0.208. The SMILES string of the molecule is CS(=O)(=O)N(Cc1ccc(C(=O)NCCOc2ccccc2Cl)cc1)c1ccc(Cl)c(C(F)(F)F)c1. The maximum absolute atomic E-state index is 13.2. The summed E-state index contributed by atoms with van der Waals surface area (Å²) < 4.78 is 70.8. The quantitative estimate of drug-likeness (QED) is 0.336. The van der Waals surface area contributed by atoms with Crippen molar-refractivity contribution in [3.8, 4) is 5.75 Å². The molecule has 0 fully saturated rings. The van der Waals surface area contributed by atoms with Gasteiger partial charge in [-0.1, -0.05) is 47.5 Å². The molecule has 1 N–H and O–H groups in total. The third-order valence-electron chi connectivity index (χ3n) is 4.97. The van der Waals surface area contributed by atoms with E-state index in [0.717, 1.165) is 16.6 Å². The molecule has 6 nitrogen and oxygen atoms in total. The molecule has 0 bridgehead atoms. The Balaban J connectivity index is 1.66. The van der Waals surface area contributed by atoms with Crippen molar-refractivity contribution in [2.75, 3.05) is 23.7 Å². The predicted molar refractivity (Wildman–Crippen MR) is 133 cm³/mol. The van der Waals surface area contributed by atoms with Gasteiger partial charge in [-0.15, -0.1) is 0 Å². The molecule has 3 aromatic carbocycles. The number of nitrogens with zero attached hydrogens (tertiary/aromatic N) is 1.